The number of benzene rings is 2. The number of nitriles is 1. The molecule has 28 heavy (non-hydrogen) atoms. The van der Waals surface area contributed by atoms with E-state index < -0.39 is 15.9 Å². The maximum Gasteiger partial charge on any atom is 0.263 e. The summed E-state index contributed by atoms with van der Waals surface area (Å²) >= 11 is 0. The van der Waals surface area contributed by atoms with E-state index in [0.717, 1.165) is 11.1 Å². The molecular weight excluding hydrogens is 376 g/mol. The molecule has 146 valence electrons. The Labute approximate surface area is 164 Å². The van der Waals surface area contributed by atoms with Crippen molar-refractivity contribution >= 4 is 15.9 Å². The first kappa shape index (κ1) is 21.2. The van der Waals surface area contributed by atoms with Crippen molar-refractivity contribution in [3.05, 3.63) is 77.5 Å². The third-order valence-electron chi connectivity index (χ3n) is 3.96. The summed E-state index contributed by atoms with van der Waals surface area (Å²) in [6.07, 6.45) is 2.67. The highest BCUT2D eigenvalue weighted by molar-refractivity contribution is 7.89. The van der Waals surface area contributed by atoms with Crippen molar-refractivity contribution < 1.29 is 13.2 Å². The summed E-state index contributed by atoms with van der Waals surface area (Å²) in [5, 5.41) is 19.9. The Morgan fingerprint density at radius 3 is 2.21 bits per heavy atom. The molecule has 2 rings (SSSR count). The zero-order valence-electron chi connectivity index (χ0n) is 15.3. The maximum absolute atomic E-state index is 12.0. The van der Waals surface area contributed by atoms with Gasteiger partial charge >= 0.3 is 0 Å². The Kier molecular flexibility index (Phi) is 7.75. The molecule has 0 fully saturated rings. The van der Waals surface area contributed by atoms with E-state index in [1.54, 1.807) is 12.1 Å². The summed E-state index contributed by atoms with van der Waals surface area (Å²) in [5.41, 5.74) is 2.01. The van der Waals surface area contributed by atoms with Gasteiger partial charge in [0.1, 0.15) is 11.6 Å². The summed E-state index contributed by atoms with van der Waals surface area (Å²) in [7, 11) is -3.70. The van der Waals surface area contributed by atoms with Crippen molar-refractivity contribution in [2.75, 3.05) is 13.1 Å². The van der Waals surface area contributed by atoms with Crippen molar-refractivity contribution in [3.8, 4) is 6.07 Å². The highest BCUT2D eigenvalue weighted by Crippen LogP contribution is 2.09. The van der Waals surface area contributed by atoms with E-state index in [9.17, 15) is 13.2 Å². The molecule has 0 heterocycles. The minimum Gasteiger partial charge on any atom is -0.389 e. The van der Waals surface area contributed by atoms with Crippen LogP contribution in [0.25, 0.3) is 0 Å². The van der Waals surface area contributed by atoms with E-state index in [1.165, 1.54) is 18.3 Å². The van der Waals surface area contributed by atoms with Gasteiger partial charge < -0.3 is 10.6 Å². The summed E-state index contributed by atoms with van der Waals surface area (Å²) < 4.78 is 22.4. The third kappa shape index (κ3) is 6.87. The molecule has 0 saturated heterocycles. The lowest BCUT2D eigenvalue weighted by atomic mass is 10.1. The quantitative estimate of drug-likeness (QED) is 0.333. The summed E-state index contributed by atoms with van der Waals surface area (Å²) in [4.78, 5) is 12.1. The molecule has 1 amide bonds. The third-order valence-corrected chi connectivity index (χ3v) is 4.89. The fraction of sp³-hybridized carbons (Fsp3) is 0.200. The smallest absolute Gasteiger partial charge is 0.263 e. The van der Waals surface area contributed by atoms with Crippen LogP contribution in [0.1, 0.15) is 11.1 Å². The number of carbonyl (C=O) groups excluding carboxylic acids is 1. The molecule has 0 aliphatic carbocycles. The zero-order valence-corrected chi connectivity index (χ0v) is 16.1. The van der Waals surface area contributed by atoms with E-state index in [2.05, 4.69) is 10.6 Å². The van der Waals surface area contributed by atoms with Crippen LogP contribution in [0.5, 0.6) is 0 Å². The lowest BCUT2D eigenvalue weighted by Gasteiger charge is -2.06. The Balaban J connectivity index is 1.77. The molecule has 2 aromatic carbocycles. The fourth-order valence-electron chi connectivity index (χ4n) is 2.45. The minimum absolute atomic E-state index is 0.00219. The van der Waals surface area contributed by atoms with Gasteiger partial charge in [-0.1, -0.05) is 42.5 Å². The predicted molar refractivity (Wildman–Crippen MR) is 106 cm³/mol. The zero-order chi connectivity index (χ0) is 20.4. The van der Waals surface area contributed by atoms with Crippen LogP contribution in [0.2, 0.25) is 0 Å². The van der Waals surface area contributed by atoms with E-state index in [0.29, 0.717) is 25.9 Å². The first-order chi connectivity index (χ1) is 13.4. The molecule has 8 heteroatoms. The van der Waals surface area contributed by atoms with E-state index in [1.807, 2.05) is 36.4 Å². The molecule has 0 bridgehead atoms. The van der Waals surface area contributed by atoms with Crippen molar-refractivity contribution in [2.45, 2.75) is 17.7 Å². The number of nitrogens with zero attached hydrogens (tertiary/aromatic N) is 1. The lowest BCUT2D eigenvalue weighted by molar-refractivity contribution is -0.117. The average Bonchev–Trinajstić information content (AvgIpc) is 2.68. The van der Waals surface area contributed by atoms with Gasteiger partial charge in [0, 0.05) is 19.3 Å². The summed E-state index contributed by atoms with van der Waals surface area (Å²) in [6.45, 7) is 0.926. The van der Waals surface area contributed by atoms with E-state index >= 15 is 0 Å². The monoisotopic (exact) mass is 398 g/mol. The Morgan fingerprint density at radius 2 is 1.61 bits per heavy atom. The number of nitrogens with one attached hydrogen (secondary N) is 2. The van der Waals surface area contributed by atoms with Crippen LogP contribution < -0.4 is 15.8 Å². The second-order valence-electron chi connectivity index (χ2n) is 6.05. The molecule has 0 aliphatic heterocycles. The molecule has 0 saturated carbocycles. The number of amides is 1. The van der Waals surface area contributed by atoms with Crippen molar-refractivity contribution in [1.29, 1.82) is 5.26 Å². The van der Waals surface area contributed by atoms with Crippen LogP contribution >= 0.6 is 0 Å². The Hall–Kier alpha value is -3.15. The van der Waals surface area contributed by atoms with Gasteiger partial charge in [-0.3, -0.25) is 4.79 Å². The number of carbonyl (C=O) groups is 1. The van der Waals surface area contributed by atoms with Crippen molar-refractivity contribution in [2.24, 2.45) is 5.14 Å². The van der Waals surface area contributed by atoms with Gasteiger partial charge in [-0.05, 0) is 36.1 Å². The van der Waals surface area contributed by atoms with Gasteiger partial charge in [-0.25, -0.2) is 13.6 Å². The molecule has 0 aliphatic rings. The molecule has 0 radical (unpaired) electrons. The number of nitrogens with two attached hydrogens (primary N) is 1. The van der Waals surface area contributed by atoms with Gasteiger partial charge in [0.25, 0.3) is 5.91 Å². The van der Waals surface area contributed by atoms with Crippen LogP contribution in [0.4, 0.5) is 0 Å². The first-order valence-electron chi connectivity index (χ1n) is 8.67. The van der Waals surface area contributed by atoms with Gasteiger partial charge in [-0.2, -0.15) is 5.26 Å². The SMILES string of the molecule is N#C/C(=C/NCCc1ccc(S(N)(=O)=O)cc1)C(=O)NCCc1ccccc1. The molecule has 7 nitrogen and oxygen atoms in total. The van der Waals surface area contributed by atoms with Gasteiger partial charge in [0.2, 0.25) is 10.0 Å². The second-order valence-corrected chi connectivity index (χ2v) is 7.62. The van der Waals surface area contributed by atoms with Crippen LogP contribution in [0.15, 0.2) is 71.3 Å². The van der Waals surface area contributed by atoms with E-state index in [4.69, 9.17) is 10.4 Å². The molecule has 4 N–H and O–H groups in total. The number of hydrogen-bond donors (Lipinski definition) is 3. The molecule has 2 aromatic rings. The Bertz CT molecular complexity index is 963. The number of primary sulfonamides is 1. The molecule has 0 aromatic heterocycles. The number of hydrogen-bond acceptors (Lipinski definition) is 5. The van der Waals surface area contributed by atoms with Crippen LogP contribution in [0, 0.1) is 11.3 Å². The van der Waals surface area contributed by atoms with E-state index in [-0.39, 0.29) is 10.5 Å². The predicted octanol–water partition coefficient (Wildman–Crippen LogP) is 1.23. The highest BCUT2D eigenvalue weighted by Gasteiger charge is 2.08. The summed E-state index contributed by atoms with van der Waals surface area (Å²) in [5.74, 6) is -0.427. The molecule has 0 unspecified atom stereocenters. The van der Waals surface area contributed by atoms with Gasteiger partial charge in [0.15, 0.2) is 0 Å². The summed E-state index contributed by atoms with van der Waals surface area (Å²) in [6, 6.07) is 17.9. The molecular formula is C20H22N4O3S. The second kappa shape index (κ2) is 10.3. The number of rotatable bonds is 9. The first-order valence-corrected chi connectivity index (χ1v) is 10.2. The molecule has 0 spiro atoms. The average molecular weight is 398 g/mol. The van der Waals surface area contributed by atoms with Crippen LogP contribution in [0.3, 0.4) is 0 Å². The Morgan fingerprint density at radius 1 is 1.00 bits per heavy atom. The fourth-order valence-corrected chi connectivity index (χ4v) is 2.96. The standard InChI is InChI=1S/C20H22N4O3S/c21-14-18(20(25)24-13-11-16-4-2-1-3-5-16)15-23-12-10-17-6-8-19(9-7-17)28(22,26)27/h1-9,15,23H,10-13H2,(H,24,25)(H2,22,26,27)/b18-15-. The molecule has 0 atom stereocenters. The van der Waals surface area contributed by atoms with Gasteiger partial charge in [-0.15, -0.1) is 0 Å². The largest absolute Gasteiger partial charge is 0.389 e. The van der Waals surface area contributed by atoms with Gasteiger partial charge in [0.05, 0.1) is 4.90 Å². The van der Waals surface area contributed by atoms with Crippen molar-refractivity contribution in [1.82, 2.24) is 10.6 Å². The van der Waals surface area contributed by atoms with Crippen LogP contribution in [-0.4, -0.2) is 27.4 Å². The topological polar surface area (TPSA) is 125 Å². The minimum atomic E-state index is -3.70. The lowest BCUT2D eigenvalue weighted by Crippen LogP contribution is -2.27. The van der Waals surface area contributed by atoms with Crippen LogP contribution in [-0.2, 0) is 27.7 Å². The van der Waals surface area contributed by atoms with Crippen molar-refractivity contribution in [3.63, 3.8) is 0 Å². The normalized spacial score (nSPS) is 11.5. The maximum atomic E-state index is 12.0. The number of sulfonamides is 1. The highest BCUT2D eigenvalue weighted by atomic mass is 32.2.